The van der Waals surface area contributed by atoms with Crippen LogP contribution in [0.4, 0.5) is 17.1 Å². The highest BCUT2D eigenvalue weighted by Crippen LogP contribution is 2.32. The number of nitrogens with one attached hydrogen (secondary N) is 3. The lowest BCUT2D eigenvalue weighted by Gasteiger charge is -2.14. The van der Waals surface area contributed by atoms with Crippen LogP contribution in [0.25, 0.3) is 11.1 Å². The highest BCUT2D eigenvalue weighted by molar-refractivity contribution is 7.92. The minimum absolute atomic E-state index is 0.0319. The van der Waals surface area contributed by atoms with E-state index >= 15 is 0 Å². The molecule has 8 heteroatoms. The van der Waals surface area contributed by atoms with E-state index in [4.69, 9.17) is 0 Å². The van der Waals surface area contributed by atoms with Crippen LogP contribution in [-0.2, 0) is 19.6 Å². The molecule has 0 saturated heterocycles. The highest BCUT2D eigenvalue weighted by Gasteiger charge is 2.22. The summed E-state index contributed by atoms with van der Waals surface area (Å²) < 4.78 is 28.6. The first-order valence-corrected chi connectivity index (χ1v) is 10.3. The van der Waals surface area contributed by atoms with Crippen molar-refractivity contribution in [2.75, 3.05) is 15.4 Å². The second-order valence-electron chi connectivity index (χ2n) is 6.50. The molecule has 0 aliphatic carbocycles. The molecule has 0 unspecified atom stereocenters. The summed E-state index contributed by atoms with van der Waals surface area (Å²) in [5, 5.41) is 5.13. The lowest BCUT2D eigenvalue weighted by atomic mass is 10.0. The molecule has 0 radical (unpaired) electrons. The van der Waals surface area contributed by atoms with Gasteiger partial charge < -0.3 is 10.6 Å². The normalized spacial score (nSPS) is 13.7. The summed E-state index contributed by atoms with van der Waals surface area (Å²) in [6, 6.07) is 20.7. The van der Waals surface area contributed by atoms with Crippen molar-refractivity contribution >= 4 is 38.9 Å². The average Bonchev–Trinajstić information content (AvgIpc) is 2.84. The van der Waals surface area contributed by atoms with E-state index in [1.165, 1.54) is 18.2 Å². The number of anilines is 3. The number of sulfonamides is 1. The smallest absolute Gasteiger partial charge is 0.261 e. The second-order valence-corrected chi connectivity index (χ2v) is 8.18. The van der Waals surface area contributed by atoms with Gasteiger partial charge in [0.05, 0.1) is 22.0 Å². The molecule has 1 aliphatic heterocycles. The molecular weight excluding hydrogens is 390 g/mol. The third kappa shape index (κ3) is 3.97. The second kappa shape index (κ2) is 7.40. The van der Waals surface area contributed by atoms with Crippen molar-refractivity contribution in [1.82, 2.24) is 0 Å². The van der Waals surface area contributed by atoms with E-state index in [0.717, 1.165) is 11.1 Å². The molecule has 0 spiro atoms. The Hall–Kier alpha value is -3.65. The van der Waals surface area contributed by atoms with Gasteiger partial charge in [0.15, 0.2) is 0 Å². The summed E-state index contributed by atoms with van der Waals surface area (Å²) >= 11 is 0. The summed E-state index contributed by atoms with van der Waals surface area (Å²) in [5.41, 5.74) is 2.64. The Morgan fingerprint density at radius 3 is 2.17 bits per heavy atom. The predicted molar refractivity (Wildman–Crippen MR) is 111 cm³/mol. The maximum Gasteiger partial charge on any atom is 0.261 e. The fraction of sp³-hybridized carbons (Fsp3) is 0.0476. The zero-order valence-electron chi connectivity index (χ0n) is 15.2. The standard InChI is InChI=1S/C21H17N3O4S/c25-20-13-21(26)23-19-12-15(10-11-18(19)22-20)29(27,28)24-17-9-5-4-8-16(17)14-6-2-1-3-7-14/h1-12,24H,13H2,(H,22,25)(H,23,26). The van der Waals surface area contributed by atoms with Crippen molar-refractivity contribution in [3.63, 3.8) is 0 Å². The summed E-state index contributed by atoms with van der Waals surface area (Å²) in [6.45, 7) is 0. The molecule has 0 aromatic heterocycles. The molecule has 2 amide bonds. The van der Waals surface area contributed by atoms with E-state index in [2.05, 4.69) is 15.4 Å². The van der Waals surface area contributed by atoms with Crippen molar-refractivity contribution in [3.05, 3.63) is 72.8 Å². The van der Waals surface area contributed by atoms with Crippen molar-refractivity contribution in [2.24, 2.45) is 0 Å². The molecule has 1 heterocycles. The molecule has 0 fully saturated rings. The van der Waals surface area contributed by atoms with Gasteiger partial charge in [0.1, 0.15) is 6.42 Å². The van der Waals surface area contributed by atoms with Crippen molar-refractivity contribution < 1.29 is 18.0 Å². The Labute approximate surface area is 167 Å². The summed E-state index contributed by atoms with van der Waals surface area (Å²) in [5.74, 6) is -0.954. The van der Waals surface area contributed by atoms with Crippen LogP contribution in [0, 0.1) is 0 Å². The van der Waals surface area contributed by atoms with Gasteiger partial charge in [-0.05, 0) is 29.8 Å². The molecule has 7 nitrogen and oxygen atoms in total. The number of hydrogen-bond donors (Lipinski definition) is 3. The molecule has 1 aliphatic rings. The van der Waals surface area contributed by atoms with Crippen LogP contribution in [0.5, 0.6) is 0 Å². The van der Waals surface area contributed by atoms with Crippen LogP contribution in [0.1, 0.15) is 6.42 Å². The number of fused-ring (bicyclic) bond motifs is 1. The van der Waals surface area contributed by atoms with Gasteiger partial charge in [-0.2, -0.15) is 0 Å². The van der Waals surface area contributed by atoms with E-state index in [1.807, 2.05) is 42.5 Å². The molecule has 4 rings (SSSR count). The Balaban J connectivity index is 1.69. The van der Waals surface area contributed by atoms with Gasteiger partial charge in [-0.3, -0.25) is 14.3 Å². The molecule has 0 bridgehead atoms. The number of benzene rings is 3. The first-order valence-electron chi connectivity index (χ1n) is 8.83. The summed E-state index contributed by atoms with van der Waals surface area (Å²) in [7, 11) is -3.93. The highest BCUT2D eigenvalue weighted by atomic mass is 32.2. The van der Waals surface area contributed by atoms with Gasteiger partial charge in [0.25, 0.3) is 10.0 Å². The fourth-order valence-electron chi connectivity index (χ4n) is 3.08. The third-order valence-electron chi connectivity index (χ3n) is 4.43. The molecular formula is C21H17N3O4S. The number of carbonyl (C=O) groups is 2. The minimum Gasteiger partial charge on any atom is -0.324 e. The SMILES string of the molecule is O=C1CC(=O)Nc2cc(S(=O)(=O)Nc3ccccc3-c3ccccc3)ccc2N1. The van der Waals surface area contributed by atoms with Gasteiger partial charge in [0, 0.05) is 5.56 Å². The molecule has 3 aromatic carbocycles. The van der Waals surface area contributed by atoms with Crippen molar-refractivity contribution in [2.45, 2.75) is 11.3 Å². The van der Waals surface area contributed by atoms with Gasteiger partial charge in [-0.25, -0.2) is 8.42 Å². The van der Waals surface area contributed by atoms with Crippen LogP contribution < -0.4 is 15.4 Å². The Bertz CT molecular complexity index is 1210. The first-order chi connectivity index (χ1) is 13.9. The van der Waals surface area contributed by atoms with E-state index in [-0.39, 0.29) is 17.0 Å². The van der Waals surface area contributed by atoms with Crippen LogP contribution in [0.15, 0.2) is 77.7 Å². The van der Waals surface area contributed by atoms with Crippen LogP contribution in [-0.4, -0.2) is 20.2 Å². The van der Waals surface area contributed by atoms with Crippen molar-refractivity contribution in [3.8, 4) is 11.1 Å². The molecule has 0 atom stereocenters. The van der Waals surface area contributed by atoms with Gasteiger partial charge in [-0.15, -0.1) is 0 Å². The van der Waals surface area contributed by atoms with Gasteiger partial charge in [0.2, 0.25) is 11.8 Å². The number of carbonyl (C=O) groups excluding carboxylic acids is 2. The van der Waals surface area contributed by atoms with E-state index in [9.17, 15) is 18.0 Å². The van der Waals surface area contributed by atoms with Crippen LogP contribution >= 0.6 is 0 Å². The topological polar surface area (TPSA) is 104 Å². The zero-order chi connectivity index (χ0) is 20.4. The molecule has 3 N–H and O–H groups in total. The predicted octanol–water partition coefficient (Wildman–Crippen LogP) is 3.44. The van der Waals surface area contributed by atoms with E-state index < -0.39 is 21.8 Å². The monoisotopic (exact) mass is 407 g/mol. The van der Waals surface area contributed by atoms with E-state index in [0.29, 0.717) is 11.4 Å². The Morgan fingerprint density at radius 2 is 1.41 bits per heavy atom. The number of hydrogen-bond acceptors (Lipinski definition) is 4. The zero-order valence-corrected chi connectivity index (χ0v) is 16.0. The van der Waals surface area contributed by atoms with Crippen LogP contribution in [0.2, 0.25) is 0 Å². The average molecular weight is 407 g/mol. The van der Waals surface area contributed by atoms with E-state index in [1.54, 1.807) is 12.1 Å². The summed E-state index contributed by atoms with van der Waals surface area (Å²) in [6.07, 6.45) is -0.320. The molecule has 3 aromatic rings. The van der Waals surface area contributed by atoms with Gasteiger partial charge in [-0.1, -0.05) is 48.5 Å². The number of para-hydroxylation sites is 1. The van der Waals surface area contributed by atoms with Crippen LogP contribution in [0.3, 0.4) is 0 Å². The lowest BCUT2D eigenvalue weighted by molar-refractivity contribution is -0.123. The Morgan fingerprint density at radius 1 is 0.759 bits per heavy atom. The quantitative estimate of drug-likeness (QED) is 0.576. The maximum absolute atomic E-state index is 13.0. The maximum atomic E-state index is 13.0. The first kappa shape index (κ1) is 18.7. The van der Waals surface area contributed by atoms with Crippen molar-refractivity contribution in [1.29, 1.82) is 0 Å². The summed E-state index contributed by atoms with van der Waals surface area (Å²) in [4.78, 5) is 23.4. The lowest BCUT2D eigenvalue weighted by Crippen LogP contribution is -2.16. The largest absolute Gasteiger partial charge is 0.324 e. The fourth-order valence-corrected chi connectivity index (χ4v) is 4.19. The molecule has 29 heavy (non-hydrogen) atoms. The molecule has 0 saturated carbocycles. The number of rotatable bonds is 4. The third-order valence-corrected chi connectivity index (χ3v) is 5.79. The molecule has 146 valence electrons. The minimum atomic E-state index is -3.93. The Kier molecular flexibility index (Phi) is 4.77. The van der Waals surface area contributed by atoms with Gasteiger partial charge >= 0.3 is 0 Å². The number of amides is 2.